The zero-order valence-electron chi connectivity index (χ0n) is 23.9. The minimum Gasteiger partial charge on any atom is -0.351 e. The van der Waals surface area contributed by atoms with E-state index in [1.165, 1.54) is 9.80 Å². The molecule has 3 amide bonds. The first-order valence-electron chi connectivity index (χ1n) is 14.3. The standard InChI is InChI=1S/C34H33N5O3/c1-21(2)15-30(32(41)39-20-34(18-25(39)19-35)26-11-7-8-12-28(26)37-33(34)42)38(3)31(40)29-17-24-16-23(13-14-27(24)36-29)22-9-5-4-6-10-22/h4-14,16-17,21,25,30,36H,15,18,20H2,1-3H3,(H,37,42)/t25-,30?,34-/m0/s1. The molecule has 8 heteroatoms. The first-order valence-corrected chi connectivity index (χ1v) is 14.3. The summed E-state index contributed by atoms with van der Waals surface area (Å²) in [5.41, 5.74) is 3.89. The van der Waals surface area contributed by atoms with Gasteiger partial charge in [-0.1, -0.05) is 68.4 Å². The molecular formula is C34H33N5O3. The molecule has 3 heterocycles. The number of amides is 3. The van der Waals surface area contributed by atoms with Gasteiger partial charge >= 0.3 is 0 Å². The number of aromatic amines is 1. The number of carbonyl (C=O) groups excluding carboxylic acids is 3. The molecule has 0 bridgehead atoms. The highest BCUT2D eigenvalue weighted by atomic mass is 16.2. The van der Waals surface area contributed by atoms with Gasteiger partial charge in [0.2, 0.25) is 11.8 Å². The Morgan fingerprint density at radius 2 is 1.79 bits per heavy atom. The van der Waals surface area contributed by atoms with E-state index in [1.54, 1.807) is 7.05 Å². The van der Waals surface area contributed by atoms with Crippen LogP contribution in [0.15, 0.2) is 78.9 Å². The van der Waals surface area contributed by atoms with E-state index in [4.69, 9.17) is 0 Å². The molecule has 1 unspecified atom stereocenters. The molecule has 1 saturated heterocycles. The number of nitrogens with zero attached hydrogens (tertiary/aromatic N) is 3. The molecule has 2 aliphatic rings. The molecule has 1 aromatic heterocycles. The van der Waals surface area contributed by atoms with Crippen LogP contribution in [0, 0.1) is 17.2 Å². The Morgan fingerprint density at radius 3 is 2.52 bits per heavy atom. The second kappa shape index (κ2) is 10.5. The molecule has 2 aliphatic heterocycles. The molecule has 0 radical (unpaired) electrons. The van der Waals surface area contributed by atoms with Gasteiger partial charge in [0.25, 0.3) is 5.91 Å². The van der Waals surface area contributed by atoms with Crippen molar-refractivity contribution in [1.29, 1.82) is 5.26 Å². The van der Waals surface area contributed by atoms with Crippen molar-refractivity contribution in [3.8, 4) is 17.2 Å². The summed E-state index contributed by atoms with van der Waals surface area (Å²) in [4.78, 5) is 47.5. The lowest BCUT2D eigenvalue weighted by molar-refractivity contribution is -0.136. The van der Waals surface area contributed by atoms with Crippen molar-refractivity contribution < 1.29 is 14.4 Å². The second-order valence-electron chi connectivity index (χ2n) is 11.8. The van der Waals surface area contributed by atoms with E-state index in [1.807, 2.05) is 92.7 Å². The van der Waals surface area contributed by atoms with Gasteiger partial charge in [-0.25, -0.2) is 0 Å². The van der Waals surface area contributed by atoms with Gasteiger partial charge in [0.1, 0.15) is 17.8 Å². The minimum absolute atomic E-state index is 0.0954. The maximum atomic E-state index is 14.2. The first kappa shape index (κ1) is 27.3. The molecule has 1 spiro atoms. The highest BCUT2D eigenvalue weighted by molar-refractivity contribution is 6.07. The monoisotopic (exact) mass is 559 g/mol. The number of carbonyl (C=O) groups is 3. The number of fused-ring (bicyclic) bond motifs is 3. The molecule has 8 nitrogen and oxygen atoms in total. The van der Waals surface area contributed by atoms with Gasteiger partial charge in [0.05, 0.1) is 11.5 Å². The van der Waals surface area contributed by atoms with Gasteiger partial charge < -0.3 is 20.1 Å². The molecule has 1 fully saturated rings. The van der Waals surface area contributed by atoms with Gasteiger partial charge in [0.15, 0.2) is 0 Å². The van der Waals surface area contributed by atoms with Crippen LogP contribution in [0.25, 0.3) is 22.0 Å². The highest BCUT2D eigenvalue weighted by Gasteiger charge is 2.56. The molecule has 2 N–H and O–H groups in total. The zero-order chi connectivity index (χ0) is 29.6. The van der Waals surface area contributed by atoms with Crippen LogP contribution in [0.3, 0.4) is 0 Å². The topological polar surface area (TPSA) is 109 Å². The van der Waals surface area contributed by atoms with Crippen molar-refractivity contribution in [2.24, 2.45) is 5.92 Å². The molecular weight excluding hydrogens is 526 g/mol. The normalized spacial score (nSPS) is 20.0. The van der Waals surface area contributed by atoms with Gasteiger partial charge in [-0.15, -0.1) is 0 Å². The summed E-state index contributed by atoms with van der Waals surface area (Å²) < 4.78 is 0. The quantitative estimate of drug-likeness (QED) is 0.333. The van der Waals surface area contributed by atoms with E-state index in [0.717, 1.165) is 27.6 Å². The molecule has 0 aliphatic carbocycles. The lowest BCUT2D eigenvalue weighted by Crippen LogP contribution is -2.52. The number of likely N-dealkylation sites (tertiary alicyclic amines) is 1. The lowest BCUT2D eigenvalue weighted by atomic mass is 9.80. The summed E-state index contributed by atoms with van der Waals surface area (Å²) >= 11 is 0. The maximum Gasteiger partial charge on any atom is 0.270 e. The largest absolute Gasteiger partial charge is 0.351 e. The Bertz CT molecular complexity index is 1740. The Hall–Kier alpha value is -4.90. The van der Waals surface area contributed by atoms with Crippen molar-refractivity contribution in [1.82, 2.24) is 14.8 Å². The summed E-state index contributed by atoms with van der Waals surface area (Å²) in [6.07, 6.45) is 0.639. The van der Waals surface area contributed by atoms with Crippen LogP contribution in [0.2, 0.25) is 0 Å². The fourth-order valence-corrected chi connectivity index (χ4v) is 6.44. The summed E-state index contributed by atoms with van der Waals surface area (Å²) in [7, 11) is 1.64. The Morgan fingerprint density at radius 1 is 1.05 bits per heavy atom. The van der Waals surface area contributed by atoms with Crippen LogP contribution in [0.1, 0.15) is 42.7 Å². The van der Waals surface area contributed by atoms with Crippen LogP contribution in [-0.2, 0) is 15.0 Å². The first-order chi connectivity index (χ1) is 20.2. The molecule has 42 heavy (non-hydrogen) atoms. The fourth-order valence-electron chi connectivity index (χ4n) is 6.44. The van der Waals surface area contributed by atoms with Crippen molar-refractivity contribution in [2.45, 2.75) is 44.2 Å². The van der Waals surface area contributed by atoms with Crippen molar-refractivity contribution in [2.75, 3.05) is 18.9 Å². The summed E-state index contributed by atoms with van der Waals surface area (Å²) in [6, 6.07) is 26.0. The average Bonchev–Trinajstić information content (AvgIpc) is 3.69. The number of nitriles is 1. The van der Waals surface area contributed by atoms with Crippen LogP contribution in [-0.4, -0.2) is 58.2 Å². The Balaban J connectivity index is 1.29. The number of aromatic nitrogens is 1. The molecule has 6 rings (SSSR count). The second-order valence-corrected chi connectivity index (χ2v) is 11.8. The third-order valence-corrected chi connectivity index (χ3v) is 8.64. The SMILES string of the molecule is CC(C)CC(C(=O)N1C[C@]2(C[C@H]1C#N)C(=O)Nc1ccccc12)N(C)C(=O)c1cc2cc(-c3ccccc3)ccc2[nH]1. The lowest BCUT2D eigenvalue weighted by Gasteiger charge is -2.33. The molecule has 3 atom stereocenters. The number of H-pyrrole nitrogens is 1. The molecule has 0 saturated carbocycles. The Kier molecular flexibility index (Phi) is 6.82. The zero-order valence-corrected chi connectivity index (χ0v) is 23.9. The molecule has 212 valence electrons. The van der Waals surface area contributed by atoms with Crippen LogP contribution < -0.4 is 5.32 Å². The van der Waals surface area contributed by atoms with Crippen LogP contribution in [0.5, 0.6) is 0 Å². The number of benzene rings is 3. The summed E-state index contributed by atoms with van der Waals surface area (Å²) in [6.45, 7) is 4.10. The van der Waals surface area contributed by atoms with Crippen molar-refractivity contribution in [3.63, 3.8) is 0 Å². The van der Waals surface area contributed by atoms with Gasteiger partial charge in [0, 0.05) is 36.6 Å². The maximum absolute atomic E-state index is 14.2. The van der Waals surface area contributed by atoms with Crippen molar-refractivity contribution in [3.05, 3.63) is 90.1 Å². The number of nitrogens with one attached hydrogen (secondary N) is 2. The fraction of sp³-hybridized carbons (Fsp3) is 0.294. The van der Waals surface area contributed by atoms with Gasteiger partial charge in [-0.2, -0.15) is 5.26 Å². The Labute approximate surface area is 244 Å². The van der Waals surface area contributed by atoms with Gasteiger partial charge in [-0.05, 0) is 53.3 Å². The van der Waals surface area contributed by atoms with E-state index in [-0.39, 0.29) is 36.6 Å². The number of anilines is 1. The predicted molar refractivity (Wildman–Crippen MR) is 162 cm³/mol. The van der Waals surface area contributed by atoms with E-state index in [2.05, 4.69) is 16.4 Å². The van der Waals surface area contributed by atoms with Crippen LogP contribution >= 0.6 is 0 Å². The smallest absolute Gasteiger partial charge is 0.270 e. The third kappa shape index (κ3) is 4.51. The van der Waals surface area contributed by atoms with Gasteiger partial charge in [-0.3, -0.25) is 14.4 Å². The predicted octanol–water partition coefficient (Wildman–Crippen LogP) is 5.34. The molecule has 4 aromatic rings. The highest BCUT2D eigenvalue weighted by Crippen LogP contribution is 2.46. The number of rotatable bonds is 6. The van der Waals surface area contributed by atoms with Crippen molar-refractivity contribution >= 4 is 34.3 Å². The summed E-state index contributed by atoms with van der Waals surface area (Å²) in [5.74, 6) is -0.713. The third-order valence-electron chi connectivity index (χ3n) is 8.64. The number of likely N-dealkylation sites (N-methyl/N-ethyl adjacent to an activating group) is 1. The van der Waals surface area contributed by atoms with E-state index in [0.29, 0.717) is 17.8 Å². The van der Waals surface area contributed by atoms with E-state index in [9.17, 15) is 19.6 Å². The molecule has 3 aromatic carbocycles. The van der Waals surface area contributed by atoms with E-state index >= 15 is 0 Å². The van der Waals surface area contributed by atoms with E-state index < -0.39 is 17.5 Å². The number of para-hydroxylation sites is 1. The number of hydrogen-bond acceptors (Lipinski definition) is 4. The average molecular weight is 560 g/mol. The minimum atomic E-state index is -0.981. The van der Waals surface area contributed by atoms with Crippen LogP contribution in [0.4, 0.5) is 5.69 Å². The summed E-state index contributed by atoms with van der Waals surface area (Å²) in [5, 5.41) is 13.9. The number of hydrogen-bond donors (Lipinski definition) is 2.